The SMILES string of the molecule is [C-]#N.[C-]#N.[C-]#N.[C-]#N.[C-]#N.[C-]#N.[C-]#N.[C-]#N.[C-]#N.[C-]#N.[C-]#N.[C-]#N.[C-]#N.[C-]#N.[C-]#N.[Cr+3].[Mo+6].[W+6]. The third kappa shape index (κ3) is 469. The molecule has 0 aliphatic heterocycles. The van der Waals surface area contributed by atoms with Crippen molar-refractivity contribution in [2.75, 3.05) is 0 Å². The predicted molar refractivity (Wildman–Crippen MR) is 74.5 cm³/mol. The van der Waals surface area contributed by atoms with Gasteiger partial charge in [-0.3, -0.25) is 0 Å². The van der Waals surface area contributed by atoms with Crippen LogP contribution in [0, 0.1) is 178 Å². The van der Waals surface area contributed by atoms with Crippen LogP contribution in [0.2, 0.25) is 0 Å². The van der Waals surface area contributed by atoms with Crippen molar-refractivity contribution in [1.82, 2.24) is 0 Å². The van der Waals surface area contributed by atoms with E-state index in [-0.39, 0.29) is 59.5 Å². The van der Waals surface area contributed by atoms with Crippen LogP contribution in [0.15, 0.2) is 0 Å². The van der Waals surface area contributed by atoms with E-state index in [4.69, 9.17) is 178 Å². The normalized spacial score (nSPS) is 0.909. The smallest absolute Gasteiger partial charge is 0.512 e. The molecule has 0 saturated heterocycles. The summed E-state index contributed by atoms with van der Waals surface area (Å²) in [7, 11) is 0. The molecule has 0 aliphatic carbocycles. The zero-order valence-electron chi connectivity index (χ0n) is 15.4. The summed E-state index contributed by atoms with van der Waals surface area (Å²) >= 11 is 0. The van der Waals surface area contributed by atoms with Crippen LogP contribution < -0.4 is 0 Å². The van der Waals surface area contributed by atoms with E-state index in [1.165, 1.54) is 0 Å². The predicted octanol–water partition coefficient (Wildman–Crippen LogP) is 1.44. The molecule has 153 valence electrons. The zero-order valence-corrected chi connectivity index (χ0v) is 21.6. The fourth-order valence-electron chi connectivity index (χ4n) is 0. The summed E-state index contributed by atoms with van der Waals surface area (Å²) in [6, 6.07) is 0. The average Bonchev–Trinajstić information content (AvgIpc) is 3.00. The Morgan fingerprint density at radius 3 is 0.182 bits per heavy atom. The van der Waals surface area contributed by atoms with Crippen molar-refractivity contribution in [3.05, 3.63) is 98.6 Å². The number of rotatable bonds is 0. The van der Waals surface area contributed by atoms with Gasteiger partial charge >= 0.3 is 59.5 Å². The van der Waals surface area contributed by atoms with E-state index >= 15 is 0 Å². The van der Waals surface area contributed by atoms with Crippen LogP contribution in [-0.2, 0) is 59.5 Å². The summed E-state index contributed by atoms with van der Waals surface area (Å²) in [6.07, 6.45) is 0. The molecule has 15 nitrogen and oxygen atoms in total. The van der Waals surface area contributed by atoms with E-state index in [9.17, 15) is 0 Å². The summed E-state index contributed by atoms with van der Waals surface area (Å²) in [4.78, 5) is 0. The molecular weight excluding hydrogens is 722 g/mol. The third-order valence-electron chi connectivity index (χ3n) is 0. The molecular formula is C15CrMoN15W. The van der Waals surface area contributed by atoms with E-state index < -0.39 is 0 Å². The third-order valence-corrected chi connectivity index (χ3v) is 0. The van der Waals surface area contributed by atoms with E-state index in [0.717, 1.165) is 0 Å². The maximum atomic E-state index is 6.25. The second-order valence-corrected chi connectivity index (χ2v) is 0. The largest absolute Gasteiger partial charge is 6.00 e. The standard InChI is InChI=1S/15CN.Cr.Mo.W/c15*1-2;;;/q15*-1;+3;2*+6. The molecule has 0 aliphatic rings. The van der Waals surface area contributed by atoms with Gasteiger partial charge in [0.15, 0.2) is 0 Å². The topological polar surface area (TPSA) is 357 Å². The number of hydrogen-bond acceptors (Lipinski definition) is 15. The molecule has 0 N–H and O–H groups in total. The first kappa shape index (κ1) is 219. The molecule has 0 rings (SSSR count). The fourth-order valence-corrected chi connectivity index (χ4v) is 0. The van der Waals surface area contributed by atoms with Crippen molar-refractivity contribution in [3.8, 4) is 0 Å². The van der Waals surface area contributed by atoms with Crippen molar-refractivity contribution in [2.45, 2.75) is 0 Å². The zero-order chi connectivity index (χ0) is 30.0. The van der Waals surface area contributed by atoms with Gasteiger partial charge in [-0.1, -0.05) is 0 Å². The summed E-state index contributed by atoms with van der Waals surface area (Å²) in [5, 5.41) is 93.8. The van der Waals surface area contributed by atoms with Crippen LogP contribution in [0.25, 0.3) is 0 Å². The van der Waals surface area contributed by atoms with Crippen molar-refractivity contribution < 1.29 is 59.5 Å². The Morgan fingerprint density at radius 2 is 0.182 bits per heavy atom. The van der Waals surface area contributed by atoms with Gasteiger partial charge in [-0.2, -0.15) is 0 Å². The van der Waals surface area contributed by atoms with E-state index in [2.05, 4.69) is 0 Å². The van der Waals surface area contributed by atoms with Crippen molar-refractivity contribution in [1.29, 1.82) is 78.9 Å². The van der Waals surface area contributed by atoms with Gasteiger partial charge in [0.2, 0.25) is 0 Å². The van der Waals surface area contributed by atoms with Gasteiger partial charge in [0.05, 0.1) is 0 Å². The van der Waals surface area contributed by atoms with Gasteiger partial charge in [0.25, 0.3) is 0 Å². The first-order chi connectivity index (χ1) is 15.0. The molecule has 0 aromatic heterocycles. The molecule has 1 radical (unpaired) electrons. The van der Waals surface area contributed by atoms with Crippen LogP contribution >= 0.6 is 0 Å². The second-order valence-electron chi connectivity index (χ2n) is 0. The molecule has 0 heterocycles. The van der Waals surface area contributed by atoms with Crippen molar-refractivity contribution >= 4 is 0 Å². The molecule has 0 spiro atoms. The van der Waals surface area contributed by atoms with E-state index in [1.54, 1.807) is 0 Å². The Labute approximate surface area is 235 Å². The molecule has 0 unspecified atom stereocenters. The maximum absolute atomic E-state index is 6.25. The molecule has 0 fully saturated rings. The first-order valence-corrected chi connectivity index (χ1v) is 3.35. The molecule has 0 atom stereocenters. The van der Waals surface area contributed by atoms with Crippen molar-refractivity contribution in [2.24, 2.45) is 0 Å². The molecule has 0 aromatic carbocycles. The van der Waals surface area contributed by atoms with Gasteiger partial charge in [0, 0.05) is 0 Å². The summed E-state index contributed by atoms with van der Waals surface area (Å²) < 4.78 is 0. The minimum Gasteiger partial charge on any atom is -0.512 e. The van der Waals surface area contributed by atoms with E-state index in [1.807, 2.05) is 0 Å². The monoisotopic (exact) mass is 724 g/mol. The van der Waals surface area contributed by atoms with Gasteiger partial charge in [0.1, 0.15) is 0 Å². The van der Waals surface area contributed by atoms with Gasteiger partial charge < -0.3 is 178 Å². The summed E-state index contributed by atoms with van der Waals surface area (Å²) in [6.45, 7) is 71.2. The Kier molecular flexibility index (Phi) is 3380. The van der Waals surface area contributed by atoms with Crippen LogP contribution in [0.1, 0.15) is 0 Å². The molecule has 33 heavy (non-hydrogen) atoms. The Bertz CT molecular complexity index is 296. The van der Waals surface area contributed by atoms with Gasteiger partial charge in [-0.15, -0.1) is 0 Å². The molecule has 18 heteroatoms. The average molecular weight is 722 g/mol. The fraction of sp³-hybridized carbons (Fsp3) is 0. The second kappa shape index (κ2) is 508. The Morgan fingerprint density at radius 1 is 0.182 bits per heavy atom. The van der Waals surface area contributed by atoms with Crippen LogP contribution in [0.4, 0.5) is 0 Å². The van der Waals surface area contributed by atoms with Crippen LogP contribution in [0.5, 0.6) is 0 Å². The minimum absolute atomic E-state index is 0. The number of hydrogen-bond donors (Lipinski definition) is 0. The summed E-state index contributed by atoms with van der Waals surface area (Å²) in [5.74, 6) is 0. The maximum Gasteiger partial charge on any atom is 6.00 e. The Balaban J connectivity index is -0.00000000454. The number of nitrogens with zero attached hydrogens (tertiary/aromatic N) is 15. The minimum atomic E-state index is 0. The van der Waals surface area contributed by atoms with Gasteiger partial charge in [-0.05, 0) is 0 Å². The van der Waals surface area contributed by atoms with Crippen LogP contribution in [0.3, 0.4) is 0 Å². The molecule has 0 aromatic rings. The first-order valence-electron chi connectivity index (χ1n) is 3.35. The molecule has 0 amide bonds. The Hall–Kier alpha value is -5.74. The van der Waals surface area contributed by atoms with Gasteiger partial charge in [-0.25, -0.2) is 0 Å². The van der Waals surface area contributed by atoms with Crippen LogP contribution in [-0.4, -0.2) is 0 Å². The quantitative estimate of drug-likeness (QED) is 0.252. The molecule has 0 bridgehead atoms. The van der Waals surface area contributed by atoms with E-state index in [0.29, 0.717) is 0 Å². The molecule has 0 saturated carbocycles. The van der Waals surface area contributed by atoms with Crippen molar-refractivity contribution in [3.63, 3.8) is 0 Å². The summed E-state index contributed by atoms with van der Waals surface area (Å²) in [5.41, 5.74) is 0.